The van der Waals surface area contributed by atoms with Gasteiger partial charge >= 0.3 is 0 Å². The Morgan fingerprint density at radius 1 is 1.15 bits per heavy atom. The van der Waals surface area contributed by atoms with Crippen molar-refractivity contribution in [2.75, 3.05) is 32.8 Å². The molecule has 0 bridgehead atoms. The zero-order valence-corrected chi connectivity index (χ0v) is 16.3. The highest BCUT2D eigenvalue weighted by atomic mass is 16.5. The minimum atomic E-state index is -1.05. The number of amides is 1. The fourth-order valence-electron chi connectivity index (χ4n) is 4.37. The quantitative estimate of drug-likeness (QED) is 0.896. The van der Waals surface area contributed by atoms with E-state index in [0.717, 1.165) is 23.4 Å². The highest BCUT2D eigenvalue weighted by Gasteiger charge is 2.39. The molecule has 1 atom stereocenters. The van der Waals surface area contributed by atoms with Gasteiger partial charge in [0, 0.05) is 32.6 Å². The summed E-state index contributed by atoms with van der Waals surface area (Å²) >= 11 is 0. The SMILES string of the molecule is CC(=O)N1CCN(C2CCCC2)C[C@@](O)(COc2cc(C)cc(C)c2)C1. The third-order valence-corrected chi connectivity index (χ3v) is 5.63. The first kappa shape index (κ1) is 19.2. The van der Waals surface area contributed by atoms with Gasteiger partial charge in [-0.15, -0.1) is 0 Å². The maximum absolute atomic E-state index is 12.0. The average molecular weight is 360 g/mol. The smallest absolute Gasteiger partial charge is 0.219 e. The zero-order chi connectivity index (χ0) is 18.7. The second-order valence-electron chi connectivity index (χ2n) is 8.19. The summed E-state index contributed by atoms with van der Waals surface area (Å²) in [4.78, 5) is 16.1. The number of hydrogen-bond acceptors (Lipinski definition) is 4. The molecule has 0 spiro atoms. The van der Waals surface area contributed by atoms with Crippen LogP contribution in [0, 0.1) is 13.8 Å². The van der Waals surface area contributed by atoms with Gasteiger partial charge in [-0.2, -0.15) is 0 Å². The fraction of sp³-hybridized carbons (Fsp3) is 0.667. The van der Waals surface area contributed by atoms with E-state index in [1.165, 1.54) is 25.7 Å². The number of nitrogens with zero attached hydrogens (tertiary/aromatic N) is 2. The molecule has 1 aromatic carbocycles. The number of aryl methyl sites for hydroxylation is 2. The number of β-amino-alcohol motifs (C(OH)–C–C–N with tert-alkyl or cyclic N) is 1. The lowest BCUT2D eigenvalue weighted by atomic mass is 10.0. The number of hydrogen-bond donors (Lipinski definition) is 1. The molecule has 2 aliphatic rings. The van der Waals surface area contributed by atoms with Gasteiger partial charge in [0.15, 0.2) is 0 Å². The van der Waals surface area contributed by atoms with Crippen molar-refractivity contribution in [3.05, 3.63) is 29.3 Å². The summed E-state index contributed by atoms with van der Waals surface area (Å²) in [5.74, 6) is 0.796. The molecular formula is C21H32N2O3. The lowest BCUT2D eigenvalue weighted by Gasteiger charge is -2.35. The number of benzene rings is 1. The Morgan fingerprint density at radius 3 is 2.42 bits per heavy atom. The van der Waals surface area contributed by atoms with Crippen LogP contribution in [0.25, 0.3) is 0 Å². The van der Waals surface area contributed by atoms with E-state index in [2.05, 4.69) is 11.0 Å². The fourth-order valence-corrected chi connectivity index (χ4v) is 4.37. The first-order chi connectivity index (χ1) is 12.3. The first-order valence-electron chi connectivity index (χ1n) is 9.78. The van der Waals surface area contributed by atoms with Crippen molar-refractivity contribution in [3.63, 3.8) is 0 Å². The van der Waals surface area contributed by atoms with Crippen molar-refractivity contribution in [1.82, 2.24) is 9.80 Å². The van der Waals surface area contributed by atoms with Crippen LogP contribution in [0.4, 0.5) is 0 Å². The molecule has 1 aromatic rings. The second kappa shape index (κ2) is 7.97. The molecule has 0 aromatic heterocycles. The van der Waals surface area contributed by atoms with Gasteiger partial charge < -0.3 is 14.7 Å². The van der Waals surface area contributed by atoms with Crippen LogP contribution in [0.1, 0.15) is 43.7 Å². The van der Waals surface area contributed by atoms with E-state index >= 15 is 0 Å². The van der Waals surface area contributed by atoms with Gasteiger partial charge in [-0.25, -0.2) is 0 Å². The van der Waals surface area contributed by atoms with Gasteiger partial charge in [0.2, 0.25) is 5.91 Å². The lowest BCUT2D eigenvalue weighted by molar-refractivity contribution is -0.132. The van der Waals surface area contributed by atoms with Crippen LogP contribution >= 0.6 is 0 Å². The maximum atomic E-state index is 12.0. The Balaban J connectivity index is 1.74. The van der Waals surface area contributed by atoms with Crippen molar-refractivity contribution >= 4 is 5.91 Å². The number of ether oxygens (including phenoxy) is 1. The molecule has 1 heterocycles. The van der Waals surface area contributed by atoms with E-state index in [1.54, 1.807) is 11.8 Å². The molecule has 2 fully saturated rings. The summed E-state index contributed by atoms with van der Waals surface area (Å²) < 4.78 is 5.99. The van der Waals surface area contributed by atoms with Crippen molar-refractivity contribution in [2.45, 2.75) is 58.1 Å². The van der Waals surface area contributed by atoms with Crippen LogP contribution in [-0.4, -0.2) is 65.2 Å². The Bertz CT molecular complexity index is 622. The van der Waals surface area contributed by atoms with E-state index in [0.29, 0.717) is 25.7 Å². The number of carbonyl (C=O) groups is 1. The molecule has 1 aliphatic carbocycles. The summed E-state index contributed by atoms with van der Waals surface area (Å²) in [5, 5.41) is 11.3. The normalized spacial score (nSPS) is 25.3. The van der Waals surface area contributed by atoms with Gasteiger partial charge in [-0.1, -0.05) is 18.9 Å². The van der Waals surface area contributed by atoms with Gasteiger partial charge in [0.05, 0.1) is 6.54 Å². The predicted octanol–water partition coefficient (Wildman–Crippen LogP) is 2.52. The Labute approximate surface area is 156 Å². The molecule has 5 heteroatoms. The van der Waals surface area contributed by atoms with Crippen LogP contribution in [0.3, 0.4) is 0 Å². The van der Waals surface area contributed by atoms with E-state index < -0.39 is 5.60 Å². The zero-order valence-electron chi connectivity index (χ0n) is 16.3. The van der Waals surface area contributed by atoms with Crippen molar-refractivity contribution in [2.24, 2.45) is 0 Å². The lowest BCUT2D eigenvalue weighted by Crippen LogP contribution is -2.53. The topological polar surface area (TPSA) is 53.0 Å². The van der Waals surface area contributed by atoms with Crippen LogP contribution < -0.4 is 4.74 Å². The van der Waals surface area contributed by atoms with E-state index in [9.17, 15) is 9.90 Å². The van der Waals surface area contributed by atoms with E-state index in [-0.39, 0.29) is 12.5 Å². The Morgan fingerprint density at radius 2 is 1.81 bits per heavy atom. The standard InChI is InChI=1S/C21H32N2O3/c1-16-10-17(2)12-20(11-16)26-15-21(25)13-22(18(3)24)8-9-23(14-21)19-6-4-5-7-19/h10-12,19,25H,4-9,13-15H2,1-3H3/t21-/m1/s1. The average Bonchev–Trinajstić information content (AvgIpc) is 3.03. The molecule has 1 amide bonds. The molecule has 5 nitrogen and oxygen atoms in total. The molecule has 1 N–H and O–H groups in total. The van der Waals surface area contributed by atoms with Crippen LogP contribution in [-0.2, 0) is 4.79 Å². The van der Waals surface area contributed by atoms with Crippen molar-refractivity contribution in [1.29, 1.82) is 0 Å². The van der Waals surface area contributed by atoms with Crippen LogP contribution in [0.15, 0.2) is 18.2 Å². The summed E-state index contributed by atoms with van der Waals surface area (Å²) in [6.45, 7) is 8.26. The Kier molecular flexibility index (Phi) is 5.88. The van der Waals surface area contributed by atoms with Gasteiger partial charge in [0.1, 0.15) is 18.0 Å². The highest BCUT2D eigenvalue weighted by molar-refractivity contribution is 5.73. The van der Waals surface area contributed by atoms with Crippen molar-refractivity contribution in [3.8, 4) is 5.75 Å². The summed E-state index contributed by atoms with van der Waals surface area (Å²) in [6, 6.07) is 6.61. The third kappa shape index (κ3) is 4.77. The minimum absolute atomic E-state index is 0.0168. The van der Waals surface area contributed by atoms with Crippen LogP contribution in [0.2, 0.25) is 0 Å². The van der Waals surface area contributed by atoms with E-state index in [1.807, 2.05) is 26.0 Å². The molecule has 26 heavy (non-hydrogen) atoms. The number of aliphatic hydroxyl groups is 1. The molecule has 1 saturated carbocycles. The van der Waals surface area contributed by atoms with Gasteiger partial charge in [-0.05, 0) is 49.9 Å². The molecule has 0 unspecified atom stereocenters. The summed E-state index contributed by atoms with van der Waals surface area (Å²) in [5.41, 5.74) is 1.24. The number of rotatable bonds is 4. The molecule has 1 aliphatic heterocycles. The molecule has 0 radical (unpaired) electrons. The maximum Gasteiger partial charge on any atom is 0.219 e. The summed E-state index contributed by atoms with van der Waals surface area (Å²) in [6.07, 6.45) is 4.90. The number of carbonyl (C=O) groups excluding carboxylic acids is 1. The largest absolute Gasteiger partial charge is 0.490 e. The van der Waals surface area contributed by atoms with Gasteiger partial charge in [-0.3, -0.25) is 9.69 Å². The predicted molar refractivity (Wildman–Crippen MR) is 102 cm³/mol. The molecule has 1 saturated heterocycles. The van der Waals surface area contributed by atoms with Crippen LogP contribution in [0.5, 0.6) is 5.75 Å². The molecule has 144 valence electrons. The van der Waals surface area contributed by atoms with Crippen molar-refractivity contribution < 1.29 is 14.6 Å². The highest BCUT2D eigenvalue weighted by Crippen LogP contribution is 2.27. The Hall–Kier alpha value is -1.59. The van der Waals surface area contributed by atoms with Gasteiger partial charge in [0.25, 0.3) is 0 Å². The third-order valence-electron chi connectivity index (χ3n) is 5.63. The first-order valence-corrected chi connectivity index (χ1v) is 9.78. The minimum Gasteiger partial charge on any atom is -0.490 e. The molecular weight excluding hydrogens is 328 g/mol. The second-order valence-corrected chi connectivity index (χ2v) is 8.19. The molecule has 3 rings (SSSR count). The summed E-state index contributed by atoms with van der Waals surface area (Å²) in [7, 11) is 0. The monoisotopic (exact) mass is 360 g/mol. The van der Waals surface area contributed by atoms with E-state index in [4.69, 9.17) is 4.74 Å².